The van der Waals surface area contributed by atoms with Gasteiger partial charge < -0.3 is 9.30 Å². The average molecular weight is 445 g/mol. The molecule has 4 aromatic rings. The Balaban J connectivity index is 1.59. The maximum atomic E-state index is 5.47. The summed E-state index contributed by atoms with van der Waals surface area (Å²) in [4.78, 5) is 14.5. The third-order valence-electron chi connectivity index (χ3n) is 4.94. The van der Waals surface area contributed by atoms with Crippen molar-refractivity contribution in [3.8, 4) is 10.4 Å². The van der Waals surface area contributed by atoms with E-state index < -0.39 is 0 Å². The van der Waals surface area contributed by atoms with E-state index in [9.17, 15) is 0 Å². The number of nitrogens with zero attached hydrogens (tertiary/aromatic N) is 6. The topological polar surface area (TPSA) is 69.0 Å². The largest absolute Gasteiger partial charge is 0.379 e. The molecule has 0 unspecified atom stereocenters. The number of fused-ring (bicyclic) bond motifs is 1. The minimum absolute atomic E-state index is 0.733. The van der Waals surface area contributed by atoms with Crippen molar-refractivity contribution in [1.29, 1.82) is 0 Å². The van der Waals surface area contributed by atoms with E-state index in [1.165, 1.54) is 10.4 Å². The molecule has 150 valence electrons. The SMILES string of the molecule is Cc1nnc(Sc2nc(CN3CCOCC3)nc3scc(-c4cccs4)c23)n1C. The van der Waals surface area contributed by atoms with Gasteiger partial charge in [-0.1, -0.05) is 6.07 Å². The van der Waals surface area contributed by atoms with Gasteiger partial charge >= 0.3 is 0 Å². The Hall–Kier alpha value is -1.85. The molecule has 1 saturated heterocycles. The smallest absolute Gasteiger partial charge is 0.197 e. The minimum atomic E-state index is 0.733. The first-order valence-corrected chi connectivity index (χ1v) is 11.9. The van der Waals surface area contributed by atoms with Crippen molar-refractivity contribution < 1.29 is 4.74 Å². The van der Waals surface area contributed by atoms with Crippen molar-refractivity contribution in [3.05, 3.63) is 34.5 Å². The molecule has 29 heavy (non-hydrogen) atoms. The van der Waals surface area contributed by atoms with Crippen molar-refractivity contribution in [1.82, 2.24) is 29.6 Å². The van der Waals surface area contributed by atoms with E-state index in [0.29, 0.717) is 0 Å². The van der Waals surface area contributed by atoms with Crippen molar-refractivity contribution in [3.63, 3.8) is 0 Å². The Kier molecular flexibility index (Phi) is 5.35. The Bertz CT molecular complexity index is 1130. The second-order valence-corrected chi connectivity index (χ2v) is 9.59. The fourth-order valence-corrected chi connectivity index (χ4v) is 6.06. The summed E-state index contributed by atoms with van der Waals surface area (Å²) in [5, 5.41) is 15.7. The van der Waals surface area contributed by atoms with Gasteiger partial charge in [-0.25, -0.2) is 9.97 Å². The first kappa shape index (κ1) is 19.1. The van der Waals surface area contributed by atoms with Crippen LogP contribution in [0.3, 0.4) is 0 Å². The second-order valence-electron chi connectivity index (χ2n) is 6.83. The summed E-state index contributed by atoms with van der Waals surface area (Å²) in [5.74, 6) is 1.73. The van der Waals surface area contributed by atoms with Gasteiger partial charge in [0.15, 0.2) is 5.16 Å². The monoisotopic (exact) mass is 444 g/mol. The molecular formula is C19H20N6OS3. The molecule has 0 N–H and O–H groups in total. The summed E-state index contributed by atoms with van der Waals surface area (Å²) in [6.07, 6.45) is 0. The molecule has 0 bridgehead atoms. The van der Waals surface area contributed by atoms with Gasteiger partial charge in [-0.15, -0.1) is 32.9 Å². The van der Waals surface area contributed by atoms with E-state index in [1.807, 2.05) is 18.5 Å². The molecule has 0 saturated carbocycles. The highest BCUT2D eigenvalue weighted by atomic mass is 32.2. The standard InChI is InChI=1S/C19H20N6OS3/c1-12-22-23-19(24(12)2)29-18-16-13(14-4-3-9-27-14)11-28-17(16)20-15(21-18)10-25-5-7-26-8-6-25/h3-4,9,11H,5-8,10H2,1-2H3. The van der Waals surface area contributed by atoms with E-state index in [4.69, 9.17) is 14.7 Å². The Labute approximate surface area is 180 Å². The fraction of sp³-hybridized carbons (Fsp3) is 0.368. The van der Waals surface area contributed by atoms with Gasteiger partial charge in [0.1, 0.15) is 21.5 Å². The van der Waals surface area contributed by atoms with E-state index >= 15 is 0 Å². The molecule has 0 amide bonds. The molecule has 1 aliphatic heterocycles. The molecule has 0 aliphatic carbocycles. The van der Waals surface area contributed by atoms with Gasteiger partial charge in [-0.05, 0) is 30.1 Å². The minimum Gasteiger partial charge on any atom is -0.379 e. The zero-order valence-corrected chi connectivity index (χ0v) is 18.6. The number of hydrogen-bond donors (Lipinski definition) is 0. The molecule has 0 atom stereocenters. The molecule has 10 heteroatoms. The van der Waals surface area contributed by atoms with Gasteiger partial charge in [-0.3, -0.25) is 4.90 Å². The summed E-state index contributed by atoms with van der Waals surface area (Å²) < 4.78 is 7.47. The number of morpholine rings is 1. The lowest BCUT2D eigenvalue weighted by molar-refractivity contribution is 0.0330. The Morgan fingerprint density at radius 1 is 1.17 bits per heavy atom. The zero-order chi connectivity index (χ0) is 19.8. The Morgan fingerprint density at radius 2 is 2.03 bits per heavy atom. The van der Waals surface area contributed by atoms with Crippen molar-refractivity contribution >= 4 is 44.7 Å². The maximum Gasteiger partial charge on any atom is 0.197 e. The highest BCUT2D eigenvalue weighted by molar-refractivity contribution is 7.99. The highest BCUT2D eigenvalue weighted by Gasteiger charge is 2.20. The van der Waals surface area contributed by atoms with Crippen LogP contribution in [0.2, 0.25) is 0 Å². The first-order chi connectivity index (χ1) is 14.2. The van der Waals surface area contributed by atoms with Crippen LogP contribution >= 0.6 is 34.4 Å². The van der Waals surface area contributed by atoms with E-state index in [-0.39, 0.29) is 0 Å². The fourth-order valence-electron chi connectivity index (χ4n) is 3.23. The van der Waals surface area contributed by atoms with E-state index in [2.05, 4.69) is 38.0 Å². The van der Waals surface area contributed by atoms with Crippen LogP contribution in [0.15, 0.2) is 33.1 Å². The molecule has 4 aromatic heterocycles. The number of rotatable bonds is 5. The number of aryl methyl sites for hydroxylation is 1. The molecule has 0 aromatic carbocycles. The summed E-state index contributed by atoms with van der Waals surface area (Å²) >= 11 is 4.98. The third-order valence-corrected chi connectivity index (χ3v) is 7.74. The molecule has 1 aliphatic rings. The summed E-state index contributed by atoms with van der Waals surface area (Å²) in [7, 11) is 1.98. The van der Waals surface area contributed by atoms with Crippen molar-refractivity contribution in [2.75, 3.05) is 26.3 Å². The third kappa shape index (κ3) is 3.82. The van der Waals surface area contributed by atoms with Gasteiger partial charge in [0.05, 0.1) is 25.1 Å². The predicted octanol–water partition coefficient (Wildman–Crippen LogP) is 3.84. The number of hydrogen-bond acceptors (Lipinski definition) is 9. The van der Waals surface area contributed by atoms with Crippen LogP contribution in [0.1, 0.15) is 11.6 Å². The van der Waals surface area contributed by atoms with Crippen LogP contribution in [0.25, 0.3) is 20.7 Å². The highest BCUT2D eigenvalue weighted by Crippen LogP contribution is 2.41. The normalized spacial score (nSPS) is 15.4. The molecule has 0 spiro atoms. The van der Waals surface area contributed by atoms with Gasteiger partial charge in [-0.2, -0.15) is 0 Å². The summed E-state index contributed by atoms with van der Waals surface area (Å²) in [6.45, 7) is 6.05. The van der Waals surface area contributed by atoms with Crippen LogP contribution < -0.4 is 0 Å². The lowest BCUT2D eigenvalue weighted by atomic mass is 10.2. The van der Waals surface area contributed by atoms with Crippen LogP contribution in [0, 0.1) is 6.92 Å². The zero-order valence-electron chi connectivity index (χ0n) is 16.2. The van der Waals surface area contributed by atoms with Gasteiger partial charge in [0, 0.05) is 36.0 Å². The quantitative estimate of drug-likeness (QED) is 0.433. The van der Waals surface area contributed by atoms with Crippen molar-refractivity contribution in [2.45, 2.75) is 23.7 Å². The molecular weight excluding hydrogens is 424 g/mol. The number of aromatic nitrogens is 5. The number of ether oxygens (including phenoxy) is 1. The number of thiophene rings is 2. The molecule has 1 fully saturated rings. The Morgan fingerprint density at radius 3 is 2.76 bits per heavy atom. The molecule has 5 heterocycles. The van der Waals surface area contributed by atoms with Crippen LogP contribution in [0.4, 0.5) is 0 Å². The average Bonchev–Trinajstić information content (AvgIpc) is 3.46. The van der Waals surface area contributed by atoms with Gasteiger partial charge in [0.25, 0.3) is 0 Å². The first-order valence-electron chi connectivity index (χ1n) is 9.35. The second kappa shape index (κ2) is 8.11. The van der Waals surface area contributed by atoms with Crippen LogP contribution in [0.5, 0.6) is 0 Å². The molecule has 7 nitrogen and oxygen atoms in total. The van der Waals surface area contributed by atoms with E-state index in [1.54, 1.807) is 34.4 Å². The summed E-state index contributed by atoms with van der Waals surface area (Å²) in [5.41, 5.74) is 1.19. The van der Waals surface area contributed by atoms with Crippen LogP contribution in [-0.4, -0.2) is 55.9 Å². The predicted molar refractivity (Wildman–Crippen MR) is 117 cm³/mol. The van der Waals surface area contributed by atoms with Gasteiger partial charge in [0.2, 0.25) is 0 Å². The maximum absolute atomic E-state index is 5.47. The summed E-state index contributed by atoms with van der Waals surface area (Å²) in [6, 6.07) is 4.23. The lowest BCUT2D eigenvalue weighted by Crippen LogP contribution is -2.36. The lowest BCUT2D eigenvalue weighted by Gasteiger charge is -2.25. The van der Waals surface area contributed by atoms with E-state index in [0.717, 1.165) is 64.9 Å². The molecule has 5 rings (SSSR count). The van der Waals surface area contributed by atoms with Crippen LogP contribution in [-0.2, 0) is 18.3 Å². The van der Waals surface area contributed by atoms with Crippen molar-refractivity contribution in [2.24, 2.45) is 7.05 Å². The molecule has 0 radical (unpaired) electrons.